The van der Waals surface area contributed by atoms with Crippen LogP contribution < -0.4 is 5.32 Å². The van der Waals surface area contributed by atoms with Crippen LogP contribution in [0.2, 0.25) is 0 Å². The molecule has 0 radical (unpaired) electrons. The number of amides is 1. The molecule has 42 heavy (non-hydrogen) atoms. The number of rotatable bonds is 6. The van der Waals surface area contributed by atoms with E-state index in [0.29, 0.717) is 23.9 Å². The minimum Gasteiger partial charge on any atom is -0.333 e. The third kappa shape index (κ3) is 7.36. The van der Waals surface area contributed by atoms with Crippen molar-refractivity contribution in [1.29, 1.82) is 0 Å². The van der Waals surface area contributed by atoms with E-state index in [0.717, 1.165) is 11.6 Å². The fraction of sp³-hybridized carbons (Fsp3) is 0.233. The van der Waals surface area contributed by atoms with E-state index < -0.39 is 29.5 Å². The lowest BCUT2D eigenvalue weighted by Gasteiger charge is -2.19. The Labute approximate surface area is 237 Å². The largest absolute Gasteiger partial charge is 0.432 e. The minimum absolute atomic E-state index is 0.00788. The molecule has 0 fully saturated rings. The summed E-state index contributed by atoms with van der Waals surface area (Å²) in [7, 11) is 1.72. The van der Waals surface area contributed by atoms with Gasteiger partial charge in [0.25, 0.3) is 5.91 Å². The van der Waals surface area contributed by atoms with Gasteiger partial charge in [0.2, 0.25) is 0 Å². The Bertz CT molecular complexity index is 1650. The number of pyridine rings is 1. The zero-order chi connectivity index (χ0) is 30.7. The number of H-pyrrole nitrogens is 1. The Balaban J connectivity index is 1.51. The molecule has 2 heterocycles. The number of alkyl halides is 6. The summed E-state index contributed by atoms with van der Waals surface area (Å²) in [6, 6.07) is 11.5. The van der Waals surface area contributed by atoms with Gasteiger partial charge in [0.15, 0.2) is 5.82 Å². The fourth-order valence-electron chi connectivity index (χ4n) is 3.90. The number of benzene rings is 2. The molecule has 0 unspecified atom stereocenters. The van der Waals surface area contributed by atoms with Gasteiger partial charge >= 0.3 is 12.4 Å². The summed E-state index contributed by atoms with van der Waals surface area (Å²) in [6.45, 7) is 4.31. The van der Waals surface area contributed by atoms with Gasteiger partial charge in [-0.2, -0.15) is 26.3 Å². The second kappa shape index (κ2) is 12.1. The third-order valence-electron chi connectivity index (χ3n) is 6.38. The molecule has 0 bridgehead atoms. The van der Waals surface area contributed by atoms with E-state index >= 15 is 0 Å². The van der Waals surface area contributed by atoms with Gasteiger partial charge in [-0.1, -0.05) is 30.9 Å². The van der Waals surface area contributed by atoms with Crippen molar-refractivity contribution in [3.05, 3.63) is 100.0 Å². The Morgan fingerprint density at radius 2 is 1.71 bits per heavy atom. The van der Waals surface area contributed by atoms with Gasteiger partial charge in [-0.05, 0) is 68.0 Å². The van der Waals surface area contributed by atoms with Crippen LogP contribution in [0.15, 0.2) is 60.9 Å². The average molecular weight is 586 g/mol. The highest BCUT2D eigenvalue weighted by molar-refractivity contribution is 6.04. The van der Waals surface area contributed by atoms with Gasteiger partial charge in [-0.3, -0.25) is 9.78 Å². The predicted molar refractivity (Wildman–Crippen MR) is 145 cm³/mol. The molecule has 2 aromatic heterocycles. The molecule has 0 atom stereocenters. The predicted octanol–water partition coefficient (Wildman–Crippen LogP) is 6.92. The van der Waals surface area contributed by atoms with Gasteiger partial charge < -0.3 is 15.2 Å². The van der Waals surface area contributed by atoms with Gasteiger partial charge in [0.1, 0.15) is 11.4 Å². The topological polar surface area (TPSA) is 73.9 Å². The van der Waals surface area contributed by atoms with E-state index in [1.165, 1.54) is 30.5 Å². The number of nitrogens with zero attached hydrogens (tertiary/aromatic N) is 3. The molecular formula is C30H25F6N5O. The molecule has 0 saturated heterocycles. The number of hydrogen-bond donors (Lipinski definition) is 2. The first-order chi connectivity index (χ1) is 19.7. The highest BCUT2D eigenvalue weighted by atomic mass is 19.4. The third-order valence-corrected chi connectivity index (χ3v) is 6.38. The molecule has 1 amide bonds. The molecule has 6 nitrogen and oxygen atoms in total. The zero-order valence-electron chi connectivity index (χ0n) is 22.7. The Hall–Kier alpha value is -4.63. The number of aryl methyl sites for hydroxylation is 1. The number of aromatic amines is 1. The second-order valence-corrected chi connectivity index (χ2v) is 9.51. The monoisotopic (exact) mass is 585 g/mol. The summed E-state index contributed by atoms with van der Waals surface area (Å²) >= 11 is 0. The van der Waals surface area contributed by atoms with Crippen LogP contribution in [0, 0.1) is 18.8 Å². The number of hydrogen-bond acceptors (Lipinski definition) is 4. The standard InChI is InChI=1S/C30H25F6N5O/c1-4-41(3)17-22-10-11-23(14-24(22)29(31,32)33)39-28(42)21-8-5-18(2)20(13-21)9-6-19-7-12-25(37-15-19)27-38-16-26(40-27)30(34,35)36/h5,7-8,10-16H,4,17H2,1-3H3,(H,38,40)(H,39,42). The first-order valence-electron chi connectivity index (χ1n) is 12.7. The van der Waals surface area contributed by atoms with Crippen LogP contribution in [0.4, 0.5) is 32.0 Å². The quantitative estimate of drug-likeness (QED) is 0.190. The second-order valence-electron chi connectivity index (χ2n) is 9.51. The molecule has 12 heteroatoms. The van der Waals surface area contributed by atoms with Crippen molar-refractivity contribution in [2.75, 3.05) is 18.9 Å². The van der Waals surface area contributed by atoms with Crippen molar-refractivity contribution in [2.24, 2.45) is 0 Å². The maximum Gasteiger partial charge on any atom is 0.432 e. The smallest absolute Gasteiger partial charge is 0.333 e. The molecule has 0 aliphatic carbocycles. The first-order valence-corrected chi connectivity index (χ1v) is 12.7. The van der Waals surface area contributed by atoms with E-state index in [1.807, 2.05) is 6.92 Å². The lowest BCUT2D eigenvalue weighted by Crippen LogP contribution is -2.20. The average Bonchev–Trinajstić information content (AvgIpc) is 3.44. The van der Waals surface area contributed by atoms with Crippen LogP contribution in [-0.4, -0.2) is 39.4 Å². The molecular weight excluding hydrogens is 560 g/mol. The Morgan fingerprint density at radius 3 is 2.33 bits per heavy atom. The van der Waals surface area contributed by atoms with E-state index in [9.17, 15) is 31.1 Å². The molecule has 0 spiro atoms. The summed E-state index contributed by atoms with van der Waals surface area (Å²) < 4.78 is 79.6. The van der Waals surface area contributed by atoms with Crippen molar-refractivity contribution >= 4 is 11.6 Å². The van der Waals surface area contributed by atoms with Crippen LogP contribution in [0.1, 0.15) is 50.8 Å². The maximum absolute atomic E-state index is 13.7. The molecule has 2 N–H and O–H groups in total. The number of carbonyl (C=O) groups excluding carboxylic acids is 1. The summed E-state index contributed by atoms with van der Waals surface area (Å²) in [5.74, 6) is 5.18. The molecule has 0 saturated carbocycles. The highest BCUT2D eigenvalue weighted by Crippen LogP contribution is 2.34. The van der Waals surface area contributed by atoms with E-state index in [1.54, 1.807) is 37.1 Å². The highest BCUT2D eigenvalue weighted by Gasteiger charge is 2.34. The lowest BCUT2D eigenvalue weighted by atomic mass is 10.0. The van der Waals surface area contributed by atoms with Crippen molar-refractivity contribution in [2.45, 2.75) is 32.7 Å². The normalized spacial score (nSPS) is 11.8. The van der Waals surface area contributed by atoms with Gasteiger partial charge in [0.05, 0.1) is 11.8 Å². The number of nitrogens with one attached hydrogen (secondary N) is 2. The van der Waals surface area contributed by atoms with Crippen molar-refractivity contribution in [1.82, 2.24) is 19.9 Å². The number of anilines is 1. The molecule has 4 rings (SSSR count). The fourth-order valence-corrected chi connectivity index (χ4v) is 3.90. The van der Waals surface area contributed by atoms with Crippen molar-refractivity contribution in [3.63, 3.8) is 0 Å². The van der Waals surface area contributed by atoms with Crippen LogP contribution in [0.25, 0.3) is 11.5 Å². The van der Waals surface area contributed by atoms with E-state index in [2.05, 4.69) is 32.1 Å². The molecule has 4 aromatic rings. The van der Waals surface area contributed by atoms with Gasteiger partial charge in [0, 0.05) is 35.1 Å². The van der Waals surface area contributed by atoms with Crippen LogP contribution >= 0.6 is 0 Å². The maximum atomic E-state index is 13.7. The molecule has 218 valence electrons. The Morgan fingerprint density at radius 1 is 0.952 bits per heavy atom. The number of carbonyl (C=O) groups is 1. The van der Waals surface area contributed by atoms with Crippen molar-refractivity contribution in [3.8, 4) is 23.4 Å². The van der Waals surface area contributed by atoms with E-state index in [4.69, 9.17) is 0 Å². The SMILES string of the molecule is CCN(C)Cc1ccc(NC(=O)c2ccc(C)c(C#Cc3ccc(-c4ncc(C(F)(F)F)[nH]4)nc3)c2)cc1C(F)(F)F. The lowest BCUT2D eigenvalue weighted by molar-refractivity contribution is -0.141. The van der Waals surface area contributed by atoms with Crippen LogP contribution in [0.3, 0.4) is 0 Å². The minimum atomic E-state index is -4.59. The molecule has 0 aliphatic rings. The number of imidazole rings is 1. The summed E-state index contributed by atoms with van der Waals surface area (Å²) in [5.41, 5.74) is 0.422. The van der Waals surface area contributed by atoms with Gasteiger partial charge in [-0.25, -0.2) is 4.98 Å². The number of halogens is 6. The zero-order valence-corrected chi connectivity index (χ0v) is 22.7. The number of aromatic nitrogens is 3. The van der Waals surface area contributed by atoms with Crippen LogP contribution in [0.5, 0.6) is 0 Å². The summed E-state index contributed by atoms with van der Waals surface area (Å²) in [4.78, 5) is 24.7. The van der Waals surface area contributed by atoms with E-state index in [-0.39, 0.29) is 34.9 Å². The van der Waals surface area contributed by atoms with Crippen LogP contribution in [-0.2, 0) is 18.9 Å². The van der Waals surface area contributed by atoms with Crippen molar-refractivity contribution < 1.29 is 31.1 Å². The van der Waals surface area contributed by atoms with Gasteiger partial charge in [-0.15, -0.1) is 0 Å². The molecule has 0 aliphatic heterocycles. The molecule has 2 aromatic carbocycles. The summed E-state index contributed by atoms with van der Waals surface area (Å²) in [6.07, 6.45) is -7.08. The Kier molecular flexibility index (Phi) is 8.72. The first kappa shape index (κ1) is 30.3. The summed E-state index contributed by atoms with van der Waals surface area (Å²) in [5, 5.41) is 2.53.